The number of hydrogen-bond acceptors (Lipinski definition) is 2. The van der Waals surface area contributed by atoms with Gasteiger partial charge in [0.25, 0.3) is 0 Å². The summed E-state index contributed by atoms with van der Waals surface area (Å²) in [5, 5.41) is 10.3. The number of aliphatic hydroxyl groups is 1. The van der Waals surface area contributed by atoms with Gasteiger partial charge in [0.15, 0.2) is 0 Å². The molecule has 2 aliphatic rings. The third-order valence-corrected chi connectivity index (χ3v) is 4.58. The number of rotatable bonds is 2. The first-order chi connectivity index (χ1) is 7.32. The largest absolute Gasteiger partial charge is 0.388 e. The fourth-order valence-corrected chi connectivity index (χ4v) is 2.54. The fraction of sp³-hybridized carbons (Fsp3) is 0.923. The Morgan fingerprint density at radius 2 is 1.94 bits per heavy atom. The van der Waals surface area contributed by atoms with Crippen LogP contribution in [-0.2, 0) is 4.79 Å². The van der Waals surface area contributed by atoms with Crippen LogP contribution in [0.4, 0.5) is 0 Å². The van der Waals surface area contributed by atoms with Gasteiger partial charge in [-0.05, 0) is 25.7 Å². The second-order valence-corrected chi connectivity index (χ2v) is 6.41. The van der Waals surface area contributed by atoms with Gasteiger partial charge in [0.2, 0.25) is 5.91 Å². The van der Waals surface area contributed by atoms with Crippen LogP contribution < -0.4 is 0 Å². The van der Waals surface area contributed by atoms with Gasteiger partial charge in [-0.3, -0.25) is 4.79 Å². The summed E-state index contributed by atoms with van der Waals surface area (Å²) in [6.07, 6.45) is 4.38. The third-order valence-electron chi connectivity index (χ3n) is 4.58. The number of β-amino-alcohol motifs (C(OH)–C–C–N with tert-alkyl or cyclic N) is 1. The Morgan fingerprint density at radius 3 is 2.31 bits per heavy atom. The smallest absolute Gasteiger partial charge is 0.222 e. The highest BCUT2D eigenvalue weighted by Crippen LogP contribution is 2.39. The first kappa shape index (κ1) is 11.9. The summed E-state index contributed by atoms with van der Waals surface area (Å²) in [5.41, 5.74) is -0.940. The normalized spacial score (nSPS) is 33.9. The molecule has 3 nitrogen and oxygen atoms in total. The summed E-state index contributed by atoms with van der Waals surface area (Å²) in [7, 11) is 0. The first-order valence-corrected chi connectivity index (χ1v) is 6.32. The zero-order chi connectivity index (χ0) is 12.0. The zero-order valence-corrected chi connectivity index (χ0v) is 10.6. The van der Waals surface area contributed by atoms with E-state index in [0.29, 0.717) is 25.4 Å². The third kappa shape index (κ3) is 1.97. The maximum Gasteiger partial charge on any atom is 0.222 e. The van der Waals surface area contributed by atoms with E-state index in [2.05, 4.69) is 0 Å². The van der Waals surface area contributed by atoms with E-state index in [1.54, 1.807) is 0 Å². The van der Waals surface area contributed by atoms with E-state index in [0.717, 1.165) is 0 Å². The van der Waals surface area contributed by atoms with Gasteiger partial charge in [-0.1, -0.05) is 20.3 Å². The van der Waals surface area contributed by atoms with Crippen molar-refractivity contribution in [1.29, 1.82) is 0 Å². The minimum absolute atomic E-state index is 0.192. The number of hydrogen-bond donors (Lipinski definition) is 1. The van der Waals surface area contributed by atoms with Crippen molar-refractivity contribution >= 4 is 5.91 Å². The van der Waals surface area contributed by atoms with Gasteiger partial charge in [-0.25, -0.2) is 0 Å². The van der Waals surface area contributed by atoms with E-state index >= 15 is 0 Å². The van der Waals surface area contributed by atoms with Crippen LogP contribution >= 0.6 is 0 Å². The molecule has 0 aromatic carbocycles. The molecule has 16 heavy (non-hydrogen) atoms. The van der Waals surface area contributed by atoms with Crippen molar-refractivity contribution in [2.24, 2.45) is 11.3 Å². The molecule has 0 unspecified atom stereocenters. The second-order valence-electron chi connectivity index (χ2n) is 6.41. The van der Waals surface area contributed by atoms with Crippen LogP contribution in [0, 0.1) is 11.3 Å². The van der Waals surface area contributed by atoms with Crippen molar-refractivity contribution < 1.29 is 9.90 Å². The molecule has 1 aliphatic heterocycles. The molecule has 1 heterocycles. The lowest BCUT2D eigenvalue weighted by Gasteiger charge is -2.30. The Balaban J connectivity index is 1.94. The van der Waals surface area contributed by atoms with E-state index < -0.39 is 5.60 Å². The summed E-state index contributed by atoms with van der Waals surface area (Å²) in [6.45, 7) is 7.08. The van der Waals surface area contributed by atoms with Crippen LogP contribution in [0.1, 0.15) is 46.5 Å². The van der Waals surface area contributed by atoms with Crippen LogP contribution in [0.2, 0.25) is 0 Å². The number of carbonyl (C=O) groups excluding carboxylic acids is 1. The van der Waals surface area contributed by atoms with Gasteiger partial charge in [0.05, 0.1) is 5.60 Å². The van der Waals surface area contributed by atoms with Crippen molar-refractivity contribution in [2.45, 2.75) is 52.1 Å². The number of carbonyl (C=O) groups is 1. The van der Waals surface area contributed by atoms with Gasteiger partial charge >= 0.3 is 0 Å². The molecule has 0 spiro atoms. The molecule has 0 aromatic heterocycles. The van der Waals surface area contributed by atoms with Gasteiger partial charge < -0.3 is 10.0 Å². The Bertz CT molecular complexity index is 276. The summed E-state index contributed by atoms with van der Waals surface area (Å²) in [5.74, 6) is 0.844. The van der Waals surface area contributed by atoms with Crippen molar-refractivity contribution in [3.8, 4) is 0 Å². The fourth-order valence-electron chi connectivity index (χ4n) is 2.54. The summed E-state index contributed by atoms with van der Waals surface area (Å²) in [4.78, 5) is 13.9. The zero-order valence-electron chi connectivity index (χ0n) is 10.6. The predicted molar refractivity (Wildman–Crippen MR) is 62.9 cm³/mol. The minimum Gasteiger partial charge on any atom is -0.388 e. The van der Waals surface area contributed by atoms with Crippen LogP contribution in [0.3, 0.4) is 0 Å². The molecule has 1 saturated carbocycles. The van der Waals surface area contributed by atoms with Crippen LogP contribution in [-0.4, -0.2) is 34.6 Å². The topological polar surface area (TPSA) is 40.5 Å². The Labute approximate surface area is 97.8 Å². The first-order valence-electron chi connectivity index (χ1n) is 6.32. The Kier molecular flexibility index (Phi) is 2.77. The van der Waals surface area contributed by atoms with Gasteiger partial charge in [0, 0.05) is 24.9 Å². The lowest BCUT2D eigenvalue weighted by atomic mass is 9.79. The van der Waals surface area contributed by atoms with Crippen molar-refractivity contribution in [1.82, 2.24) is 4.90 Å². The maximum atomic E-state index is 12.0. The molecule has 1 aliphatic carbocycles. The van der Waals surface area contributed by atoms with Crippen molar-refractivity contribution in [3.63, 3.8) is 0 Å². The van der Waals surface area contributed by atoms with Crippen LogP contribution in [0.25, 0.3) is 0 Å². The molecule has 0 aromatic rings. The van der Waals surface area contributed by atoms with Gasteiger partial charge in [-0.15, -0.1) is 0 Å². The highest BCUT2D eigenvalue weighted by atomic mass is 16.3. The molecule has 2 rings (SSSR count). The molecule has 1 N–H and O–H groups in total. The monoisotopic (exact) mass is 225 g/mol. The van der Waals surface area contributed by atoms with E-state index in [9.17, 15) is 9.90 Å². The van der Waals surface area contributed by atoms with Crippen LogP contribution in [0.5, 0.6) is 0 Å². The standard InChI is InChI=1S/C13H23NO2/c1-12(2)8-14(9-13(12,3)16)11(15)7-10-5-4-6-10/h10,16H,4-9H2,1-3H3/t13-/m0/s1. The van der Waals surface area contributed by atoms with E-state index in [4.69, 9.17) is 0 Å². The van der Waals surface area contributed by atoms with Gasteiger partial charge in [0.1, 0.15) is 0 Å². The number of nitrogens with zero attached hydrogens (tertiary/aromatic N) is 1. The summed E-state index contributed by atoms with van der Waals surface area (Å²) < 4.78 is 0. The highest BCUT2D eigenvalue weighted by Gasteiger charge is 2.49. The Morgan fingerprint density at radius 1 is 1.31 bits per heavy atom. The van der Waals surface area contributed by atoms with E-state index in [1.807, 2.05) is 25.7 Å². The number of likely N-dealkylation sites (tertiary alicyclic amines) is 1. The second kappa shape index (κ2) is 3.73. The molecule has 3 heteroatoms. The average Bonchev–Trinajstić information content (AvgIpc) is 2.29. The molecule has 0 bridgehead atoms. The molecular formula is C13H23NO2. The van der Waals surface area contributed by atoms with Crippen LogP contribution in [0.15, 0.2) is 0 Å². The average molecular weight is 225 g/mol. The maximum absolute atomic E-state index is 12.0. The van der Waals surface area contributed by atoms with Crippen molar-refractivity contribution in [3.05, 3.63) is 0 Å². The van der Waals surface area contributed by atoms with Gasteiger partial charge in [-0.2, -0.15) is 0 Å². The predicted octanol–water partition coefficient (Wildman–Crippen LogP) is 1.80. The summed E-state index contributed by atoms with van der Waals surface area (Å²) >= 11 is 0. The van der Waals surface area contributed by atoms with E-state index in [1.165, 1.54) is 19.3 Å². The molecule has 2 fully saturated rings. The molecule has 1 saturated heterocycles. The number of amides is 1. The lowest BCUT2D eigenvalue weighted by Crippen LogP contribution is -2.40. The minimum atomic E-state index is -0.748. The SMILES string of the molecule is CC1(C)CN(C(=O)CC2CCC2)C[C@]1(C)O. The molecule has 1 atom stereocenters. The quantitative estimate of drug-likeness (QED) is 0.778. The lowest BCUT2D eigenvalue weighted by molar-refractivity contribution is -0.132. The molecule has 0 radical (unpaired) electrons. The molecular weight excluding hydrogens is 202 g/mol. The highest BCUT2D eigenvalue weighted by molar-refractivity contribution is 5.77. The molecule has 92 valence electrons. The summed E-state index contributed by atoms with van der Waals surface area (Å²) in [6, 6.07) is 0. The Hall–Kier alpha value is -0.570. The van der Waals surface area contributed by atoms with Crippen molar-refractivity contribution in [2.75, 3.05) is 13.1 Å². The molecule has 1 amide bonds. The van der Waals surface area contributed by atoms with E-state index in [-0.39, 0.29) is 11.3 Å².